The van der Waals surface area contributed by atoms with Crippen LogP contribution in [0.2, 0.25) is 0 Å². The summed E-state index contributed by atoms with van der Waals surface area (Å²) < 4.78 is 5.87. The number of morpholine rings is 1. The molecule has 2 aliphatic rings. The van der Waals surface area contributed by atoms with Crippen molar-refractivity contribution in [3.05, 3.63) is 23.9 Å². The Morgan fingerprint density at radius 3 is 3.37 bits per heavy atom. The third kappa shape index (κ3) is 2.86. The fraction of sp³-hybridized carbons (Fsp3) is 0.571. The highest BCUT2D eigenvalue weighted by molar-refractivity contribution is 5.38. The molecule has 19 heavy (non-hydrogen) atoms. The molecule has 2 fully saturated rings. The van der Waals surface area contributed by atoms with Crippen molar-refractivity contribution < 1.29 is 4.74 Å². The lowest BCUT2D eigenvalue weighted by Crippen LogP contribution is -2.48. The quantitative estimate of drug-likeness (QED) is 0.883. The second-order valence-corrected chi connectivity index (χ2v) is 5.15. The molecule has 0 amide bonds. The minimum absolute atomic E-state index is 0.210. The van der Waals surface area contributed by atoms with E-state index in [-0.39, 0.29) is 6.10 Å². The van der Waals surface area contributed by atoms with E-state index in [1.165, 1.54) is 19.4 Å². The molecule has 5 heteroatoms. The average Bonchev–Trinajstić information content (AvgIpc) is 2.93. The van der Waals surface area contributed by atoms with Gasteiger partial charge in [-0.05, 0) is 31.5 Å². The Morgan fingerprint density at radius 1 is 1.53 bits per heavy atom. The van der Waals surface area contributed by atoms with Crippen molar-refractivity contribution in [2.24, 2.45) is 0 Å². The lowest BCUT2D eigenvalue weighted by atomic mass is 10.2. The average molecular weight is 258 g/mol. The van der Waals surface area contributed by atoms with Gasteiger partial charge in [-0.25, -0.2) is 4.98 Å². The highest BCUT2D eigenvalue weighted by Gasteiger charge is 2.31. The summed E-state index contributed by atoms with van der Waals surface area (Å²) in [5.74, 6) is 0.742. The first-order valence-corrected chi connectivity index (χ1v) is 6.82. The maximum Gasteiger partial charge on any atom is 0.142 e. The number of fused-ring (bicyclic) bond motifs is 1. The Balaban J connectivity index is 1.53. The van der Waals surface area contributed by atoms with Crippen LogP contribution >= 0.6 is 0 Å². The minimum Gasteiger partial charge on any atom is -0.373 e. The van der Waals surface area contributed by atoms with E-state index in [9.17, 15) is 0 Å². The van der Waals surface area contributed by atoms with Gasteiger partial charge in [0.15, 0.2) is 0 Å². The molecule has 0 saturated carbocycles. The third-order valence-corrected chi connectivity index (χ3v) is 3.84. The largest absolute Gasteiger partial charge is 0.373 e. The topological polar surface area (TPSA) is 61.2 Å². The van der Waals surface area contributed by atoms with Crippen LogP contribution in [0.4, 0.5) is 5.82 Å². The first-order chi connectivity index (χ1) is 9.35. The molecule has 0 radical (unpaired) electrons. The van der Waals surface area contributed by atoms with Crippen LogP contribution in [-0.4, -0.2) is 48.3 Å². The molecule has 0 bridgehead atoms. The van der Waals surface area contributed by atoms with Crippen LogP contribution in [0.15, 0.2) is 18.2 Å². The highest BCUT2D eigenvalue weighted by atomic mass is 16.5. The zero-order valence-electron chi connectivity index (χ0n) is 10.9. The maximum absolute atomic E-state index is 8.81. The number of aromatic nitrogens is 1. The van der Waals surface area contributed by atoms with E-state index in [0.29, 0.717) is 11.7 Å². The van der Waals surface area contributed by atoms with Crippen LogP contribution in [0.1, 0.15) is 18.5 Å². The van der Waals surface area contributed by atoms with Gasteiger partial charge in [-0.3, -0.25) is 4.90 Å². The van der Waals surface area contributed by atoms with Gasteiger partial charge in [-0.1, -0.05) is 6.07 Å². The number of nitrogens with one attached hydrogen (secondary N) is 1. The molecule has 2 saturated heterocycles. The van der Waals surface area contributed by atoms with Crippen LogP contribution in [0.25, 0.3) is 0 Å². The van der Waals surface area contributed by atoms with Crippen LogP contribution in [0, 0.1) is 11.3 Å². The summed E-state index contributed by atoms with van der Waals surface area (Å²) in [6, 6.07) is 8.10. The van der Waals surface area contributed by atoms with E-state index in [1.807, 2.05) is 18.2 Å². The van der Waals surface area contributed by atoms with Gasteiger partial charge in [0, 0.05) is 19.1 Å². The van der Waals surface area contributed by atoms with Crippen LogP contribution in [0.3, 0.4) is 0 Å². The predicted molar refractivity (Wildman–Crippen MR) is 71.8 cm³/mol. The molecule has 1 aromatic heterocycles. The second kappa shape index (κ2) is 5.55. The summed E-state index contributed by atoms with van der Waals surface area (Å²) in [4.78, 5) is 6.72. The molecule has 0 aliphatic carbocycles. The van der Waals surface area contributed by atoms with E-state index in [0.717, 1.165) is 25.5 Å². The van der Waals surface area contributed by atoms with E-state index in [4.69, 9.17) is 10.00 Å². The van der Waals surface area contributed by atoms with Crippen molar-refractivity contribution in [2.45, 2.75) is 25.0 Å². The lowest BCUT2D eigenvalue weighted by molar-refractivity contribution is -0.0416. The van der Waals surface area contributed by atoms with Gasteiger partial charge in [0.25, 0.3) is 0 Å². The summed E-state index contributed by atoms with van der Waals surface area (Å²) in [5, 5.41) is 12.1. The van der Waals surface area contributed by atoms with Crippen LogP contribution in [0.5, 0.6) is 0 Å². The van der Waals surface area contributed by atoms with Gasteiger partial charge in [0.2, 0.25) is 0 Å². The van der Waals surface area contributed by atoms with E-state index >= 15 is 0 Å². The number of anilines is 1. The van der Waals surface area contributed by atoms with Crippen molar-refractivity contribution in [3.63, 3.8) is 0 Å². The third-order valence-electron chi connectivity index (χ3n) is 3.84. The number of nitrogens with zero attached hydrogens (tertiary/aromatic N) is 3. The Bertz CT molecular complexity index is 485. The number of pyridine rings is 1. The van der Waals surface area contributed by atoms with Gasteiger partial charge in [-0.15, -0.1) is 0 Å². The summed E-state index contributed by atoms with van der Waals surface area (Å²) in [7, 11) is 0. The summed E-state index contributed by atoms with van der Waals surface area (Å²) in [6.45, 7) is 3.78. The first-order valence-electron chi connectivity index (χ1n) is 6.82. The molecule has 2 unspecified atom stereocenters. The van der Waals surface area contributed by atoms with Gasteiger partial charge < -0.3 is 10.1 Å². The van der Waals surface area contributed by atoms with E-state index in [1.54, 1.807) is 6.07 Å². The summed E-state index contributed by atoms with van der Waals surface area (Å²) >= 11 is 0. The first kappa shape index (κ1) is 12.4. The van der Waals surface area contributed by atoms with E-state index in [2.05, 4.69) is 15.2 Å². The molecular weight excluding hydrogens is 240 g/mol. The molecular formula is C14H18N4O. The van der Waals surface area contributed by atoms with E-state index < -0.39 is 0 Å². The molecule has 2 aliphatic heterocycles. The number of ether oxygens (including phenoxy) is 1. The fourth-order valence-electron chi connectivity index (χ4n) is 2.82. The zero-order chi connectivity index (χ0) is 13.1. The summed E-state index contributed by atoms with van der Waals surface area (Å²) in [6.07, 6.45) is 2.77. The SMILES string of the molecule is N#Cc1cccc(NCC2CN3CCCC3CO2)n1. The molecule has 1 aromatic rings. The molecule has 100 valence electrons. The predicted octanol–water partition coefficient (Wildman–Crippen LogP) is 1.23. The Labute approximate surface area is 113 Å². The van der Waals surface area contributed by atoms with Crippen LogP contribution < -0.4 is 5.32 Å². The van der Waals surface area contributed by atoms with Crippen molar-refractivity contribution in [1.29, 1.82) is 5.26 Å². The van der Waals surface area contributed by atoms with Crippen LogP contribution in [-0.2, 0) is 4.74 Å². The zero-order valence-corrected chi connectivity index (χ0v) is 10.9. The van der Waals surface area contributed by atoms with Crippen molar-refractivity contribution in [1.82, 2.24) is 9.88 Å². The van der Waals surface area contributed by atoms with Crippen molar-refractivity contribution in [2.75, 3.05) is 31.6 Å². The molecule has 5 nitrogen and oxygen atoms in total. The fourth-order valence-corrected chi connectivity index (χ4v) is 2.82. The second-order valence-electron chi connectivity index (χ2n) is 5.15. The smallest absolute Gasteiger partial charge is 0.142 e. The number of rotatable bonds is 3. The van der Waals surface area contributed by atoms with Crippen molar-refractivity contribution in [3.8, 4) is 6.07 Å². The van der Waals surface area contributed by atoms with Gasteiger partial charge in [0.05, 0.1) is 12.7 Å². The van der Waals surface area contributed by atoms with Gasteiger partial charge in [0.1, 0.15) is 17.6 Å². The Kier molecular flexibility index (Phi) is 3.62. The molecule has 0 spiro atoms. The minimum atomic E-state index is 0.210. The highest BCUT2D eigenvalue weighted by Crippen LogP contribution is 2.22. The molecule has 1 N–H and O–H groups in total. The van der Waals surface area contributed by atoms with Gasteiger partial charge >= 0.3 is 0 Å². The lowest BCUT2D eigenvalue weighted by Gasteiger charge is -2.35. The standard InChI is InChI=1S/C14H18N4O/c15-7-11-3-1-5-14(17-11)16-8-13-9-18-6-2-4-12(18)10-19-13/h1,3,5,12-13H,2,4,6,8-10H2,(H,16,17). The van der Waals surface area contributed by atoms with Crippen molar-refractivity contribution >= 4 is 5.82 Å². The number of hydrogen-bond donors (Lipinski definition) is 1. The normalized spacial score (nSPS) is 26.7. The molecule has 3 heterocycles. The Hall–Kier alpha value is -1.64. The Morgan fingerprint density at radius 2 is 2.47 bits per heavy atom. The number of hydrogen-bond acceptors (Lipinski definition) is 5. The molecule has 0 aromatic carbocycles. The molecule has 3 rings (SSSR count). The number of nitriles is 1. The molecule has 2 atom stereocenters. The summed E-state index contributed by atoms with van der Waals surface area (Å²) in [5.41, 5.74) is 0.439. The monoisotopic (exact) mass is 258 g/mol. The maximum atomic E-state index is 8.81. The van der Waals surface area contributed by atoms with Gasteiger partial charge in [-0.2, -0.15) is 5.26 Å².